The molecule has 13 heteroatoms. The van der Waals surface area contributed by atoms with Crippen LogP contribution in [0.25, 0.3) is 11.0 Å². The van der Waals surface area contributed by atoms with Gasteiger partial charge in [-0.25, -0.2) is 9.59 Å². The van der Waals surface area contributed by atoms with Crippen LogP contribution in [0.3, 0.4) is 0 Å². The number of rotatable bonds is 2. The van der Waals surface area contributed by atoms with Crippen LogP contribution in [-0.4, -0.2) is 29.2 Å². The summed E-state index contributed by atoms with van der Waals surface area (Å²) in [6.07, 6.45) is -9.76. The maximum absolute atomic E-state index is 12.8. The third-order valence-electron chi connectivity index (χ3n) is 2.97. The summed E-state index contributed by atoms with van der Waals surface area (Å²) in [5, 5.41) is 9.27. The summed E-state index contributed by atoms with van der Waals surface area (Å²) in [4.78, 5) is 31.5. The quantitative estimate of drug-likeness (QED) is 0.513. The fraction of sp³-hybridized carbons (Fsp3) is 0.267. The van der Waals surface area contributed by atoms with Crippen LogP contribution in [0.5, 0.6) is 0 Å². The first-order valence-corrected chi connectivity index (χ1v) is 7.14. The predicted octanol–water partition coefficient (Wildman–Crippen LogP) is 2.73. The standard InChI is InChI=1S/C13H11F3N2O3.C2HF3O2/c1-6(17)12(20)18-7-2-3-8-9(13(14,15)16)5-11(19)21-10(8)4-7;3-2(4,5)1(6)7/h2-6H,17H2,1H3,(H,18,20);(H,6,7)/t6-;/m0./s1. The second-order valence-corrected chi connectivity index (χ2v) is 5.27. The summed E-state index contributed by atoms with van der Waals surface area (Å²) in [7, 11) is 0. The smallest absolute Gasteiger partial charge is 0.475 e. The number of nitrogens with one attached hydrogen (secondary N) is 1. The highest BCUT2D eigenvalue weighted by Crippen LogP contribution is 2.34. The van der Waals surface area contributed by atoms with E-state index in [0.717, 1.165) is 12.1 Å². The molecule has 1 heterocycles. The largest absolute Gasteiger partial charge is 0.490 e. The summed E-state index contributed by atoms with van der Waals surface area (Å²) < 4.78 is 75.0. The van der Waals surface area contributed by atoms with Crippen LogP contribution < -0.4 is 16.7 Å². The van der Waals surface area contributed by atoms with Crippen LogP contribution in [0, 0.1) is 0 Å². The van der Waals surface area contributed by atoms with Crippen molar-refractivity contribution in [1.82, 2.24) is 0 Å². The van der Waals surface area contributed by atoms with Gasteiger partial charge in [0.1, 0.15) is 5.58 Å². The molecule has 0 saturated carbocycles. The number of halogens is 6. The molecule has 0 aliphatic rings. The SMILES string of the molecule is C[C@H](N)C(=O)Nc1ccc2c(C(F)(F)F)cc(=O)oc2c1.O=C(O)C(F)(F)F. The molecular weight excluding hydrogens is 402 g/mol. The van der Waals surface area contributed by atoms with E-state index in [1.807, 2.05) is 0 Å². The Morgan fingerprint density at radius 1 is 1.14 bits per heavy atom. The minimum Gasteiger partial charge on any atom is -0.475 e. The van der Waals surface area contributed by atoms with Crippen molar-refractivity contribution in [2.75, 3.05) is 5.32 Å². The molecule has 154 valence electrons. The predicted molar refractivity (Wildman–Crippen MR) is 83.5 cm³/mol. The normalized spacial score (nSPS) is 12.7. The van der Waals surface area contributed by atoms with Gasteiger partial charge in [0.25, 0.3) is 0 Å². The molecule has 0 aliphatic heterocycles. The van der Waals surface area contributed by atoms with Crippen LogP contribution in [0.1, 0.15) is 12.5 Å². The van der Waals surface area contributed by atoms with Gasteiger partial charge in [-0.3, -0.25) is 4.79 Å². The number of carboxylic acids is 1. The minimum atomic E-state index is -5.08. The molecule has 1 aromatic carbocycles. The van der Waals surface area contributed by atoms with Crippen LogP contribution in [-0.2, 0) is 15.8 Å². The Balaban J connectivity index is 0.000000480. The number of carboxylic acid groups (broad SMARTS) is 1. The van der Waals surface area contributed by atoms with Crippen molar-refractivity contribution >= 4 is 28.5 Å². The maximum atomic E-state index is 12.8. The molecule has 7 nitrogen and oxygen atoms in total. The summed E-state index contributed by atoms with van der Waals surface area (Å²) in [5.41, 5.74) is 3.08. The van der Waals surface area contributed by atoms with Gasteiger partial charge >= 0.3 is 23.9 Å². The lowest BCUT2D eigenvalue weighted by Gasteiger charge is -2.11. The number of hydrogen-bond acceptors (Lipinski definition) is 5. The van der Waals surface area contributed by atoms with Crippen LogP contribution in [0.4, 0.5) is 32.0 Å². The minimum absolute atomic E-state index is 0.187. The molecule has 0 aliphatic carbocycles. The molecule has 1 amide bonds. The van der Waals surface area contributed by atoms with E-state index in [1.54, 1.807) is 0 Å². The van der Waals surface area contributed by atoms with E-state index in [1.165, 1.54) is 13.0 Å². The Labute approximate surface area is 151 Å². The van der Waals surface area contributed by atoms with Crippen molar-refractivity contribution in [1.29, 1.82) is 0 Å². The number of aliphatic carboxylic acids is 1. The number of amides is 1. The molecule has 0 saturated heterocycles. The van der Waals surface area contributed by atoms with E-state index in [0.29, 0.717) is 6.07 Å². The average Bonchev–Trinajstić information content (AvgIpc) is 2.52. The third-order valence-corrected chi connectivity index (χ3v) is 2.97. The second-order valence-electron chi connectivity index (χ2n) is 5.27. The second kappa shape index (κ2) is 8.29. The van der Waals surface area contributed by atoms with Crippen molar-refractivity contribution in [2.24, 2.45) is 5.73 Å². The fourth-order valence-electron chi connectivity index (χ4n) is 1.73. The van der Waals surface area contributed by atoms with Gasteiger partial charge in [0.05, 0.1) is 11.6 Å². The van der Waals surface area contributed by atoms with Gasteiger partial charge in [-0.05, 0) is 19.1 Å². The first-order chi connectivity index (χ1) is 12.6. The molecule has 1 aromatic heterocycles. The molecule has 0 spiro atoms. The maximum Gasteiger partial charge on any atom is 0.490 e. The van der Waals surface area contributed by atoms with Gasteiger partial charge in [-0.2, -0.15) is 26.3 Å². The Bertz CT molecular complexity index is 933. The van der Waals surface area contributed by atoms with Gasteiger partial charge < -0.3 is 20.6 Å². The van der Waals surface area contributed by atoms with Crippen molar-refractivity contribution in [2.45, 2.75) is 25.3 Å². The highest BCUT2D eigenvalue weighted by Gasteiger charge is 2.38. The molecular formula is C15H12F6N2O5. The van der Waals surface area contributed by atoms with E-state index in [2.05, 4.69) is 5.32 Å². The van der Waals surface area contributed by atoms with Gasteiger partial charge in [-0.1, -0.05) is 0 Å². The molecule has 0 bridgehead atoms. The van der Waals surface area contributed by atoms with Gasteiger partial charge in [0.2, 0.25) is 5.91 Å². The monoisotopic (exact) mass is 414 g/mol. The number of carbonyl (C=O) groups is 2. The highest BCUT2D eigenvalue weighted by atomic mass is 19.4. The molecule has 0 radical (unpaired) electrons. The molecule has 2 aromatic rings. The van der Waals surface area contributed by atoms with Crippen LogP contribution in [0.2, 0.25) is 0 Å². The van der Waals surface area contributed by atoms with Gasteiger partial charge in [0, 0.05) is 23.2 Å². The number of fused-ring (bicyclic) bond motifs is 1. The number of hydrogen-bond donors (Lipinski definition) is 3. The molecule has 4 N–H and O–H groups in total. The Morgan fingerprint density at radius 3 is 2.11 bits per heavy atom. The van der Waals surface area contributed by atoms with E-state index >= 15 is 0 Å². The summed E-state index contributed by atoms with van der Waals surface area (Å²) >= 11 is 0. The van der Waals surface area contributed by atoms with E-state index in [-0.39, 0.29) is 16.7 Å². The zero-order valence-electron chi connectivity index (χ0n) is 13.8. The topological polar surface area (TPSA) is 123 Å². The lowest BCUT2D eigenvalue weighted by molar-refractivity contribution is -0.192. The number of alkyl halides is 6. The van der Waals surface area contributed by atoms with Crippen LogP contribution in [0.15, 0.2) is 33.5 Å². The van der Waals surface area contributed by atoms with Crippen molar-refractivity contribution in [3.63, 3.8) is 0 Å². The molecule has 28 heavy (non-hydrogen) atoms. The van der Waals surface area contributed by atoms with Crippen molar-refractivity contribution < 1.29 is 45.5 Å². The molecule has 2 rings (SSSR count). The van der Waals surface area contributed by atoms with E-state index in [4.69, 9.17) is 20.1 Å². The lowest BCUT2D eigenvalue weighted by Crippen LogP contribution is -2.32. The molecule has 0 unspecified atom stereocenters. The Morgan fingerprint density at radius 2 is 1.68 bits per heavy atom. The number of nitrogens with two attached hydrogens (primary N) is 1. The zero-order valence-corrected chi connectivity index (χ0v) is 13.8. The van der Waals surface area contributed by atoms with Crippen molar-refractivity contribution in [3.8, 4) is 0 Å². The van der Waals surface area contributed by atoms with Gasteiger partial charge in [-0.15, -0.1) is 0 Å². The first-order valence-electron chi connectivity index (χ1n) is 7.14. The summed E-state index contributed by atoms with van der Waals surface area (Å²) in [6, 6.07) is 3.15. The number of anilines is 1. The summed E-state index contributed by atoms with van der Waals surface area (Å²) in [5.74, 6) is -3.27. The van der Waals surface area contributed by atoms with Gasteiger partial charge in [0.15, 0.2) is 0 Å². The zero-order chi connectivity index (χ0) is 21.9. The van der Waals surface area contributed by atoms with Crippen LogP contribution >= 0.6 is 0 Å². The number of carbonyl (C=O) groups excluding carboxylic acids is 1. The Kier molecular flexibility index (Phi) is 6.79. The lowest BCUT2D eigenvalue weighted by atomic mass is 10.1. The molecule has 1 atom stereocenters. The fourth-order valence-corrected chi connectivity index (χ4v) is 1.73. The van der Waals surface area contributed by atoms with E-state index in [9.17, 15) is 35.9 Å². The average molecular weight is 414 g/mol. The van der Waals surface area contributed by atoms with Crippen molar-refractivity contribution in [3.05, 3.63) is 40.2 Å². The first kappa shape index (κ1) is 23.0. The third kappa shape index (κ3) is 6.26. The Hall–Kier alpha value is -3.09. The van der Waals surface area contributed by atoms with E-state index < -0.39 is 41.5 Å². The number of benzene rings is 1. The molecule has 0 fully saturated rings. The summed E-state index contributed by atoms with van der Waals surface area (Å²) in [6.45, 7) is 1.46. The highest BCUT2D eigenvalue weighted by molar-refractivity contribution is 5.96.